The summed E-state index contributed by atoms with van der Waals surface area (Å²) in [6.07, 6.45) is 0.557. The summed E-state index contributed by atoms with van der Waals surface area (Å²) in [7, 11) is 0. The van der Waals surface area contributed by atoms with Gasteiger partial charge in [0.2, 0.25) is 11.8 Å². The van der Waals surface area contributed by atoms with Gasteiger partial charge in [0.15, 0.2) is 0 Å². The van der Waals surface area contributed by atoms with E-state index in [1.165, 1.54) is 5.48 Å². The van der Waals surface area contributed by atoms with Gasteiger partial charge in [0.25, 0.3) is 11.8 Å². The molecule has 0 aromatic heterocycles. The molecule has 0 radical (unpaired) electrons. The molecule has 0 unspecified atom stereocenters. The first-order valence-electron chi connectivity index (χ1n) is 10.6. The minimum Gasteiger partial charge on any atom is -0.355 e. The lowest BCUT2D eigenvalue weighted by Crippen LogP contribution is -2.52. The van der Waals surface area contributed by atoms with E-state index in [2.05, 4.69) is 16.0 Å². The first-order chi connectivity index (χ1) is 15.9. The van der Waals surface area contributed by atoms with E-state index >= 15 is 0 Å². The Labute approximate surface area is 191 Å². The molecule has 0 heterocycles. The van der Waals surface area contributed by atoms with Gasteiger partial charge in [0.1, 0.15) is 6.04 Å². The van der Waals surface area contributed by atoms with Gasteiger partial charge in [-0.1, -0.05) is 42.5 Å². The third kappa shape index (κ3) is 8.71. The van der Waals surface area contributed by atoms with Crippen LogP contribution in [0.15, 0.2) is 54.6 Å². The van der Waals surface area contributed by atoms with Crippen LogP contribution < -0.4 is 27.2 Å². The van der Waals surface area contributed by atoms with Crippen LogP contribution in [0.4, 0.5) is 0 Å². The molecule has 176 valence electrons. The second-order valence-electron chi connectivity index (χ2n) is 7.24. The van der Waals surface area contributed by atoms with Crippen molar-refractivity contribution >= 4 is 23.6 Å². The van der Waals surface area contributed by atoms with Gasteiger partial charge >= 0.3 is 0 Å². The molecule has 0 saturated carbocycles. The van der Waals surface area contributed by atoms with E-state index in [9.17, 15) is 19.2 Å². The molecular formula is C23H29N5O5. The van der Waals surface area contributed by atoms with Gasteiger partial charge in [-0.3, -0.25) is 24.4 Å². The van der Waals surface area contributed by atoms with Crippen LogP contribution in [-0.2, 0) is 14.4 Å². The zero-order chi connectivity index (χ0) is 24.1. The van der Waals surface area contributed by atoms with Crippen LogP contribution >= 0.6 is 0 Å². The van der Waals surface area contributed by atoms with Gasteiger partial charge in [-0.05, 0) is 29.7 Å². The van der Waals surface area contributed by atoms with E-state index in [1.807, 2.05) is 30.3 Å². The van der Waals surface area contributed by atoms with Crippen LogP contribution in [0.5, 0.6) is 0 Å². The van der Waals surface area contributed by atoms with Crippen molar-refractivity contribution in [1.82, 2.24) is 21.4 Å². The summed E-state index contributed by atoms with van der Waals surface area (Å²) in [5.41, 5.74) is 9.04. The van der Waals surface area contributed by atoms with Crippen LogP contribution in [0.2, 0.25) is 0 Å². The van der Waals surface area contributed by atoms with Crippen molar-refractivity contribution in [3.63, 3.8) is 0 Å². The highest BCUT2D eigenvalue weighted by atomic mass is 16.5. The summed E-state index contributed by atoms with van der Waals surface area (Å²) in [4.78, 5) is 48.0. The maximum absolute atomic E-state index is 12.6. The molecule has 2 aromatic carbocycles. The molecule has 10 nitrogen and oxygen atoms in total. The Hall–Kier alpha value is -3.76. The van der Waals surface area contributed by atoms with Crippen LogP contribution in [0, 0.1) is 0 Å². The number of hydrogen-bond donors (Lipinski definition) is 6. The molecule has 2 aromatic rings. The first kappa shape index (κ1) is 25.5. The summed E-state index contributed by atoms with van der Waals surface area (Å²) < 4.78 is 0. The van der Waals surface area contributed by atoms with Crippen LogP contribution in [0.3, 0.4) is 0 Å². The highest BCUT2D eigenvalue weighted by Crippen LogP contribution is 2.19. The fourth-order valence-electron chi connectivity index (χ4n) is 2.99. The van der Waals surface area contributed by atoms with Gasteiger partial charge in [-0.25, -0.2) is 5.48 Å². The van der Waals surface area contributed by atoms with E-state index in [1.54, 1.807) is 24.3 Å². The average molecular weight is 456 g/mol. The minimum atomic E-state index is -1.19. The van der Waals surface area contributed by atoms with Crippen molar-refractivity contribution in [3.8, 4) is 11.1 Å². The smallest absolute Gasteiger partial charge is 0.267 e. The Kier molecular flexibility index (Phi) is 10.5. The Morgan fingerprint density at radius 3 is 2.06 bits per heavy atom. The van der Waals surface area contributed by atoms with Gasteiger partial charge < -0.3 is 21.7 Å². The zero-order valence-corrected chi connectivity index (χ0v) is 18.2. The van der Waals surface area contributed by atoms with Crippen molar-refractivity contribution < 1.29 is 24.4 Å². The second kappa shape index (κ2) is 13.6. The van der Waals surface area contributed by atoms with Crippen molar-refractivity contribution in [3.05, 3.63) is 60.2 Å². The maximum atomic E-state index is 12.6. The van der Waals surface area contributed by atoms with Gasteiger partial charge in [0.05, 0.1) is 0 Å². The van der Waals surface area contributed by atoms with Crippen molar-refractivity contribution in [2.24, 2.45) is 5.73 Å². The number of hydroxylamine groups is 1. The average Bonchev–Trinajstić information content (AvgIpc) is 2.85. The number of nitrogens with two attached hydrogens (primary N) is 1. The minimum absolute atomic E-state index is 0.0679. The summed E-state index contributed by atoms with van der Waals surface area (Å²) in [5, 5.41) is 16.6. The normalized spacial score (nSPS) is 11.2. The lowest BCUT2D eigenvalue weighted by atomic mass is 10.0. The molecule has 1 atom stereocenters. The number of carbonyl (C=O) groups excluding carboxylic acids is 4. The van der Waals surface area contributed by atoms with Crippen LogP contribution in [-0.4, -0.2) is 54.5 Å². The largest absolute Gasteiger partial charge is 0.355 e. The lowest BCUT2D eigenvalue weighted by Gasteiger charge is -2.17. The van der Waals surface area contributed by atoms with Gasteiger partial charge in [0, 0.05) is 38.0 Å². The van der Waals surface area contributed by atoms with E-state index in [0.717, 1.165) is 11.1 Å². The topological polar surface area (TPSA) is 163 Å². The molecule has 0 spiro atoms. The standard InChI is InChI=1S/C23H29N5O5/c24-13-14-25-20(29)7-4-8-21(30)26-15-19(23(32)28-33)27-22(31)18-11-9-17(10-12-18)16-5-2-1-3-6-16/h1-3,5-6,9-12,19,33H,4,7-8,13-15,24H2,(H,25,29)(H,26,30)(H,27,31)(H,28,32)/t19-/m0/s1. The SMILES string of the molecule is NCCNC(=O)CCCC(=O)NC[C@H](NC(=O)c1ccc(-c2ccccc2)cc1)C(=O)NO. The predicted molar refractivity (Wildman–Crippen MR) is 122 cm³/mol. The Balaban J connectivity index is 1.86. The molecule has 2 rings (SSSR count). The second-order valence-corrected chi connectivity index (χ2v) is 7.24. The summed E-state index contributed by atoms with van der Waals surface area (Å²) in [6.45, 7) is 0.486. The highest BCUT2D eigenvalue weighted by molar-refractivity contribution is 5.98. The number of carbonyl (C=O) groups is 4. The Bertz CT molecular complexity index is 934. The molecule has 0 aliphatic carbocycles. The van der Waals surface area contributed by atoms with Crippen molar-refractivity contribution in [2.75, 3.05) is 19.6 Å². The molecule has 0 aliphatic rings. The molecule has 33 heavy (non-hydrogen) atoms. The van der Waals surface area contributed by atoms with Gasteiger partial charge in [-0.2, -0.15) is 0 Å². The lowest BCUT2D eigenvalue weighted by molar-refractivity contribution is -0.131. The summed E-state index contributed by atoms with van der Waals surface area (Å²) in [5.74, 6) is -1.99. The van der Waals surface area contributed by atoms with E-state index in [4.69, 9.17) is 10.9 Å². The fourth-order valence-corrected chi connectivity index (χ4v) is 2.99. The third-order valence-corrected chi connectivity index (χ3v) is 4.76. The third-order valence-electron chi connectivity index (χ3n) is 4.76. The highest BCUT2D eigenvalue weighted by Gasteiger charge is 2.22. The van der Waals surface area contributed by atoms with E-state index in [-0.39, 0.29) is 31.2 Å². The molecule has 0 fully saturated rings. The number of amides is 4. The van der Waals surface area contributed by atoms with E-state index < -0.39 is 17.9 Å². The molecule has 10 heteroatoms. The quantitative estimate of drug-likeness (QED) is 0.199. The zero-order valence-electron chi connectivity index (χ0n) is 18.2. The molecule has 7 N–H and O–H groups in total. The molecule has 0 bridgehead atoms. The summed E-state index contributed by atoms with van der Waals surface area (Å²) >= 11 is 0. The number of nitrogens with one attached hydrogen (secondary N) is 4. The van der Waals surface area contributed by atoms with Crippen LogP contribution in [0.1, 0.15) is 29.6 Å². The first-order valence-corrected chi connectivity index (χ1v) is 10.6. The predicted octanol–water partition coefficient (Wildman–Crippen LogP) is 0.319. The summed E-state index contributed by atoms with van der Waals surface area (Å²) in [6, 6.07) is 15.3. The molecule has 0 aliphatic heterocycles. The number of rotatable bonds is 12. The number of hydrogen-bond acceptors (Lipinski definition) is 6. The van der Waals surface area contributed by atoms with Gasteiger partial charge in [-0.15, -0.1) is 0 Å². The van der Waals surface area contributed by atoms with Crippen molar-refractivity contribution in [2.45, 2.75) is 25.3 Å². The number of benzene rings is 2. The maximum Gasteiger partial charge on any atom is 0.267 e. The fraction of sp³-hybridized carbons (Fsp3) is 0.304. The van der Waals surface area contributed by atoms with Crippen LogP contribution in [0.25, 0.3) is 11.1 Å². The Morgan fingerprint density at radius 2 is 1.45 bits per heavy atom. The Morgan fingerprint density at radius 1 is 0.848 bits per heavy atom. The molecular weight excluding hydrogens is 426 g/mol. The van der Waals surface area contributed by atoms with Crippen molar-refractivity contribution in [1.29, 1.82) is 0 Å². The molecule has 0 saturated heterocycles. The molecule has 4 amide bonds. The van der Waals surface area contributed by atoms with E-state index in [0.29, 0.717) is 25.1 Å². The monoisotopic (exact) mass is 455 g/mol.